The maximum atomic E-state index is 12.4. The molecule has 0 saturated carbocycles. The topological polar surface area (TPSA) is 95.9 Å². The van der Waals surface area contributed by atoms with E-state index in [1.54, 1.807) is 6.08 Å². The number of nitrogens with one attached hydrogen (secondary N) is 1. The summed E-state index contributed by atoms with van der Waals surface area (Å²) in [5.74, 6) is -0.177. The number of carbonyl (C=O) groups is 2. The van der Waals surface area contributed by atoms with Crippen molar-refractivity contribution in [2.24, 2.45) is 0 Å². The van der Waals surface area contributed by atoms with E-state index in [2.05, 4.69) is 43.5 Å². The van der Waals surface area contributed by atoms with Crippen LogP contribution in [0.15, 0.2) is 36.5 Å². The molecule has 0 aromatic rings. The number of ether oxygens (including phenoxy) is 1. The Morgan fingerprint density at radius 1 is 0.466 bits per heavy atom. The van der Waals surface area contributed by atoms with Gasteiger partial charge in [0, 0.05) is 12.8 Å². The van der Waals surface area contributed by atoms with Crippen LogP contribution >= 0.6 is 0 Å². The highest BCUT2D eigenvalue weighted by Crippen LogP contribution is 2.15. The lowest BCUT2D eigenvalue weighted by Gasteiger charge is -2.19. The van der Waals surface area contributed by atoms with E-state index < -0.39 is 12.1 Å². The smallest absolute Gasteiger partial charge is 0.305 e. The Kier molecular flexibility index (Phi) is 46.2. The fraction of sp³-hybridized carbons (Fsp3) is 0.846. The number of amides is 1. The minimum atomic E-state index is -0.876. The molecule has 340 valence electrons. The first-order valence-electron chi connectivity index (χ1n) is 25.3. The summed E-state index contributed by atoms with van der Waals surface area (Å²) in [4.78, 5) is 24.4. The number of allylic oxidation sites excluding steroid dienone is 5. The highest BCUT2D eigenvalue weighted by atomic mass is 16.5. The summed E-state index contributed by atoms with van der Waals surface area (Å²) in [5, 5.41) is 23.0. The first kappa shape index (κ1) is 56.1. The number of unbranched alkanes of at least 4 members (excludes halogenated alkanes) is 31. The van der Waals surface area contributed by atoms with Gasteiger partial charge in [-0.05, 0) is 77.0 Å². The van der Waals surface area contributed by atoms with E-state index in [4.69, 9.17) is 4.74 Å². The maximum absolute atomic E-state index is 12.4. The monoisotopic (exact) mass is 816 g/mol. The molecular formula is C52H97NO5. The number of hydrogen-bond donors (Lipinski definition) is 3. The Hall–Kier alpha value is -1.92. The van der Waals surface area contributed by atoms with Crippen molar-refractivity contribution >= 4 is 11.9 Å². The Morgan fingerprint density at radius 3 is 1.29 bits per heavy atom. The van der Waals surface area contributed by atoms with Crippen molar-refractivity contribution in [1.82, 2.24) is 5.32 Å². The summed E-state index contributed by atoms with van der Waals surface area (Å²) >= 11 is 0. The average Bonchev–Trinajstić information content (AvgIpc) is 3.22. The van der Waals surface area contributed by atoms with Gasteiger partial charge in [-0.1, -0.05) is 204 Å². The first-order chi connectivity index (χ1) is 28.5. The second-order valence-electron chi connectivity index (χ2n) is 17.1. The van der Waals surface area contributed by atoms with Gasteiger partial charge < -0.3 is 20.3 Å². The van der Waals surface area contributed by atoms with E-state index in [1.165, 1.54) is 161 Å². The number of aliphatic hydroxyl groups is 2. The zero-order valence-electron chi connectivity index (χ0n) is 38.5. The molecule has 6 heteroatoms. The molecule has 3 N–H and O–H groups in total. The van der Waals surface area contributed by atoms with Gasteiger partial charge in [-0.25, -0.2) is 0 Å². The van der Waals surface area contributed by atoms with Gasteiger partial charge in [0.1, 0.15) is 0 Å². The van der Waals surface area contributed by atoms with Gasteiger partial charge in [-0.15, -0.1) is 0 Å². The second kappa shape index (κ2) is 47.8. The summed E-state index contributed by atoms with van der Waals surface area (Å²) in [6.07, 6.45) is 57.2. The molecule has 0 heterocycles. The summed E-state index contributed by atoms with van der Waals surface area (Å²) < 4.78 is 5.42. The first-order valence-corrected chi connectivity index (χ1v) is 25.3. The Balaban J connectivity index is 3.60. The van der Waals surface area contributed by atoms with E-state index in [0.29, 0.717) is 19.4 Å². The summed E-state index contributed by atoms with van der Waals surface area (Å²) in [7, 11) is 0. The van der Waals surface area contributed by atoms with Crippen LogP contribution in [0.3, 0.4) is 0 Å². The fourth-order valence-corrected chi connectivity index (χ4v) is 7.45. The highest BCUT2D eigenvalue weighted by molar-refractivity contribution is 5.76. The molecule has 0 aromatic carbocycles. The SMILES string of the molecule is CCCCC/C=C\CCCCCCCC(=O)OCCCCCC/C=C\CCCC(=O)NC(CO)C(O)/C=C/CCCCCCCCCCCCCCCCCCCC. The van der Waals surface area contributed by atoms with E-state index in [-0.39, 0.29) is 18.5 Å². The predicted octanol–water partition coefficient (Wildman–Crippen LogP) is 14.9. The van der Waals surface area contributed by atoms with Crippen LogP contribution in [-0.4, -0.2) is 47.4 Å². The molecule has 0 saturated heterocycles. The molecular weight excluding hydrogens is 719 g/mol. The van der Waals surface area contributed by atoms with E-state index in [0.717, 1.165) is 70.6 Å². The number of aliphatic hydroxyl groups excluding tert-OH is 2. The van der Waals surface area contributed by atoms with Crippen molar-refractivity contribution in [1.29, 1.82) is 0 Å². The van der Waals surface area contributed by atoms with Crippen LogP contribution in [0.2, 0.25) is 0 Å². The molecule has 2 unspecified atom stereocenters. The van der Waals surface area contributed by atoms with E-state index >= 15 is 0 Å². The van der Waals surface area contributed by atoms with Crippen molar-refractivity contribution in [2.45, 2.75) is 270 Å². The van der Waals surface area contributed by atoms with Gasteiger partial charge in [0.2, 0.25) is 5.91 Å². The summed E-state index contributed by atoms with van der Waals surface area (Å²) in [6.45, 7) is 4.78. The number of esters is 1. The minimum Gasteiger partial charge on any atom is -0.466 e. The molecule has 1 amide bonds. The molecule has 0 aliphatic carbocycles. The fourth-order valence-electron chi connectivity index (χ4n) is 7.45. The molecule has 0 spiro atoms. The van der Waals surface area contributed by atoms with Gasteiger partial charge in [-0.2, -0.15) is 0 Å². The molecule has 0 radical (unpaired) electrons. The van der Waals surface area contributed by atoms with Crippen LogP contribution < -0.4 is 5.32 Å². The van der Waals surface area contributed by atoms with Gasteiger partial charge >= 0.3 is 5.97 Å². The van der Waals surface area contributed by atoms with Gasteiger partial charge in [0.25, 0.3) is 0 Å². The summed E-state index contributed by atoms with van der Waals surface area (Å²) in [5.41, 5.74) is 0. The lowest BCUT2D eigenvalue weighted by atomic mass is 10.0. The number of rotatable bonds is 46. The Labute approximate surface area is 360 Å². The zero-order chi connectivity index (χ0) is 42.3. The van der Waals surface area contributed by atoms with Crippen molar-refractivity contribution in [3.8, 4) is 0 Å². The van der Waals surface area contributed by atoms with Crippen molar-refractivity contribution in [3.05, 3.63) is 36.5 Å². The Bertz CT molecular complexity index is 946. The van der Waals surface area contributed by atoms with Crippen LogP contribution in [0, 0.1) is 0 Å². The lowest BCUT2D eigenvalue weighted by Crippen LogP contribution is -2.45. The van der Waals surface area contributed by atoms with Crippen LogP contribution in [0.5, 0.6) is 0 Å². The number of hydrogen-bond acceptors (Lipinski definition) is 5. The molecule has 2 atom stereocenters. The molecule has 0 bridgehead atoms. The van der Waals surface area contributed by atoms with Gasteiger partial charge in [0.05, 0.1) is 25.4 Å². The van der Waals surface area contributed by atoms with Crippen molar-refractivity contribution in [2.75, 3.05) is 13.2 Å². The molecule has 58 heavy (non-hydrogen) atoms. The molecule has 0 aromatic heterocycles. The predicted molar refractivity (Wildman–Crippen MR) is 250 cm³/mol. The van der Waals surface area contributed by atoms with Crippen LogP contribution in [0.1, 0.15) is 258 Å². The van der Waals surface area contributed by atoms with Gasteiger partial charge in [0.15, 0.2) is 0 Å². The molecule has 0 aliphatic heterocycles. The quantitative estimate of drug-likeness (QED) is 0.0323. The van der Waals surface area contributed by atoms with Crippen LogP contribution in [0.25, 0.3) is 0 Å². The van der Waals surface area contributed by atoms with Crippen molar-refractivity contribution < 1.29 is 24.5 Å². The maximum Gasteiger partial charge on any atom is 0.305 e. The normalized spacial score (nSPS) is 13.0. The average molecular weight is 816 g/mol. The van der Waals surface area contributed by atoms with Crippen molar-refractivity contribution in [3.63, 3.8) is 0 Å². The minimum absolute atomic E-state index is 0.0484. The third kappa shape index (κ3) is 43.7. The van der Waals surface area contributed by atoms with E-state index in [9.17, 15) is 19.8 Å². The Morgan fingerprint density at radius 2 is 0.828 bits per heavy atom. The van der Waals surface area contributed by atoms with Crippen LogP contribution in [0.4, 0.5) is 0 Å². The summed E-state index contributed by atoms with van der Waals surface area (Å²) in [6, 6.07) is -0.666. The highest BCUT2D eigenvalue weighted by Gasteiger charge is 2.17. The zero-order valence-corrected chi connectivity index (χ0v) is 38.5. The van der Waals surface area contributed by atoms with Gasteiger partial charge in [-0.3, -0.25) is 9.59 Å². The third-order valence-electron chi connectivity index (χ3n) is 11.4. The largest absolute Gasteiger partial charge is 0.466 e. The lowest BCUT2D eigenvalue weighted by molar-refractivity contribution is -0.143. The van der Waals surface area contributed by atoms with E-state index in [1.807, 2.05) is 6.08 Å². The standard InChI is InChI=1S/C52H97NO5/c1-3-5-7-9-11-13-15-17-18-19-20-21-22-23-24-25-28-32-36-40-44-50(55)49(48-54)53-51(56)45-41-37-33-29-27-31-35-39-43-47-58-52(57)46-42-38-34-30-26-16-14-12-10-8-6-4-2/h12,14,29,33,40,44,49-50,54-55H,3-11,13,15-28,30-32,34-39,41-43,45-48H2,1-2H3,(H,53,56)/b14-12-,33-29-,44-40+. The molecule has 6 nitrogen and oxygen atoms in total. The third-order valence-corrected chi connectivity index (χ3v) is 11.4. The molecule has 0 fully saturated rings. The second-order valence-corrected chi connectivity index (χ2v) is 17.1. The van der Waals surface area contributed by atoms with Crippen LogP contribution in [-0.2, 0) is 14.3 Å². The number of carbonyl (C=O) groups excluding carboxylic acids is 2. The molecule has 0 rings (SSSR count). The molecule has 0 aliphatic rings.